The average Bonchev–Trinajstić information content (AvgIpc) is 2.89. The van der Waals surface area contributed by atoms with E-state index in [0.29, 0.717) is 5.92 Å². The van der Waals surface area contributed by atoms with Gasteiger partial charge in [0.1, 0.15) is 6.26 Å². The zero-order valence-electron chi connectivity index (χ0n) is 13.8. The van der Waals surface area contributed by atoms with Crippen LogP contribution >= 0.6 is 0 Å². The Morgan fingerprint density at radius 2 is 2.26 bits per heavy atom. The molecule has 23 heavy (non-hydrogen) atoms. The number of hydrogen-bond donors (Lipinski definition) is 0. The molecule has 1 saturated carbocycles. The second kappa shape index (κ2) is 4.85. The topological polar surface area (TPSA) is 29.3 Å². The van der Waals surface area contributed by atoms with Crippen LogP contribution in [0.4, 0.5) is 0 Å². The Hall–Kier alpha value is -2.29. The van der Waals surface area contributed by atoms with Gasteiger partial charge in [-0.25, -0.2) is 4.98 Å². The van der Waals surface area contributed by atoms with Gasteiger partial charge >= 0.3 is 0 Å². The van der Waals surface area contributed by atoms with Crippen LogP contribution in [0.1, 0.15) is 34.7 Å². The van der Waals surface area contributed by atoms with Gasteiger partial charge in [0, 0.05) is 24.4 Å². The molecule has 0 N–H and O–H groups in total. The highest BCUT2D eigenvalue weighted by molar-refractivity contribution is 5.72. The van der Waals surface area contributed by atoms with Crippen molar-refractivity contribution in [2.24, 2.45) is 5.92 Å². The molecule has 0 bridgehead atoms. The molecule has 0 amide bonds. The van der Waals surface area contributed by atoms with Gasteiger partial charge in [-0.3, -0.25) is 0 Å². The molecular weight excluding hydrogens is 284 g/mol. The fraction of sp³-hybridized carbons (Fsp3) is 0.350. The van der Waals surface area contributed by atoms with E-state index in [4.69, 9.17) is 4.42 Å². The summed E-state index contributed by atoms with van der Waals surface area (Å²) in [7, 11) is 0. The van der Waals surface area contributed by atoms with Crippen molar-refractivity contribution in [3.63, 3.8) is 0 Å². The van der Waals surface area contributed by atoms with Gasteiger partial charge in [-0.15, -0.1) is 0 Å². The van der Waals surface area contributed by atoms with Crippen molar-refractivity contribution in [2.45, 2.75) is 25.7 Å². The zero-order valence-corrected chi connectivity index (χ0v) is 13.8. The summed E-state index contributed by atoms with van der Waals surface area (Å²) in [6.07, 6.45) is 4.84. The largest absolute Gasteiger partial charge is 0.448 e. The lowest BCUT2D eigenvalue weighted by atomic mass is 10.0. The highest BCUT2D eigenvalue weighted by Crippen LogP contribution is 2.59. The molecule has 2 fully saturated rings. The fourth-order valence-corrected chi connectivity index (χ4v) is 3.87. The molecule has 0 spiro atoms. The van der Waals surface area contributed by atoms with E-state index in [-0.39, 0.29) is 5.41 Å². The van der Waals surface area contributed by atoms with Crippen LogP contribution in [0.15, 0.2) is 42.0 Å². The molecule has 2 aromatic rings. The van der Waals surface area contributed by atoms with Crippen molar-refractivity contribution in [1.82, 2.24) is 9.88 Å². The molecule has 2 unspecified atom stereocenters. The number of fused-ring (bicyclic) bond motifs is 1. The summed E-state index contributed by atoms with van der Waals surface area (Å²) >= 11 is 0. The number of piperidine rings is 1. The second-order valence-corrected chi connectivity index (χ2v) is 6.97. The maximum atomic E-state index is 5.71. The van der Waals surface area contributed by atoms with Crippen LogP contribution in [0.5, 0.6) is 0 Å². The summed E-state index contributed by atoms with van der Waals surface area (Å²) in [5, 5.41) is 0. The van der Waals surface area contributed by atoms with E-state index in [9.17, 15) is 0 Å². The molecule has 118 valence electrons. The van der Waals surface area contributed by atoms with Crippen molar-refractivity contribution >= 4 is 11.8 Å². The Balaban J connectivity index is 1.61. The first-order valence-corrected chi connectivity index (χ1v) is 8.13. The first-order chi connectivity index (χ1) is 11.0. The maximum Gasteiger partial charge on any atom is 0.202 e. The quantitative estimate of drug-likeness (QED) is 0.848. The van der Waals surface area contributed by atoms with Gasteiger partial charge in [-0.1, -0.05) is 36.9 Å². The number of likely N-dealkylation sites (tertiary alicyclic amines) is 1. The molecule has 2 heterocycles. The van der Waals surface area contributed by atoms with E-state index in [1.807, 2.05) is 13.0 Å². The molecule has 2 atom stereocenters. The van der Waals surface area contributed by atoms with Crippen LogP contribution in [0.25, 0.3) is 11.8 Å². The zero-order chi connectivity index (χ0) is 16.2. The Morgan fingerprint density at radius 3 is 2.96 bits per heavy atom. The summed E-state index contributed by atoms with van der Waals surface area (Å²) < 4.78 is 5.71. The molecular formula is C20H22N2O. The first kappa shape index (κ1) is 14.3. The molecule has 1 aromatic carbocycles. The van der Waals surface area contributed by atoms with Crippen molar-refractivity contribution in [1.29, 1.82) is 0 Å². The number of benzene rings is 1. The van der Waals surface area contributed by atoms with Crippen LogP contribution in [0.2, 0.25) is 0 Å². The van der Waals surface area contributed by atoms with Crippen molar-refractivity contribution in [2.75, 3.05) is 13.1 Å². The molecule has 1 aliphatic heterocycles. The Kier molecular flexibility index (Phi) is 3.02. The summed E-state index contributed by atoms with van der Waals surface area (Å²) in [6, 6.07) is 6.43. The monoisotopic (exact) mass is 306 g/mol. The van der Waals surface area contributed by atoms with Crippen molar-refractivity contribution in [3.8, 4) is 0 Å². The lowest BCUT2D eigenvalue weighted by Crippen LogP contribution is -2.25. The standard InChI is InChI=1S/C20H22N2O/c1-5-16-7-6-13(2)8-18(16)15(4)22-10-17-9-20(17,12-22)19-21-14(3)11-23-19/h5-8,11,17H,1,4,9-10,12H2,2-3H3. The van der Waals surface area contributed by atoms with E-state index >= 15 is 0 Å². The maximum absolute atomic E-state index is 5.71. The molecule has 1 saturated heterocycles. The van der Waals surface area contributed by atoms with Crippen LogP contribution in [-0.2, 0) is 5.41 Å². The molecule has 1 aromatic heterocycles. The van der Waals surface area contributed by atoms with Gasteiger partial charge in [0.05, 0.1) is 11.1 Å². The molecule has 1 aliphatic carbocycles. The van der Waals surface area contributed by atoms with E-state index in [2.05, 4.69) is 48.2 Å². The van der Waals surface area contributed by atoms with Gasteiger partial charge in [-0.2, -0.15) is 0 Å². The summed E-state index contributed by atoms with van der Waals surface area (Å²) in [5.74, 6) is 1.54. The average molecular weight is 306 g/mol. The van der Waals surface area contributed by atoms with Crippen LogP contribution in [-0.4, -0.2) is 23.0 Å². The van der Waals surface area contributed by atoms with Gasteiger partial charge in [-0.05, 0) is 37.8 Å². The second-order valence-electron chi connectivity index (χ2n) is 6.97. The van der Waals surface area contributed by atoms with E-state index in [1.54, 1.807) is 6.26 Å². The normalized spacial score (nSPS) is 25.3. The van der Waals surface area contributed by atoms with E-state index in [0.717, 1.165) is 35.9 Å². The van der Waals surface area contributed by atoms with Crippen LogP contribution < -0.4 is 0 Å². The minimum Gasteiger partial charge on any atom is -0.448 e. The smallest absolute Gasteiger partial charge is 0.202 e. The Labute approximate surface area is 137 Å². The summed E-state index contributed by atoms with van der Waals surface area (Å²) in [5.41, 5.74) is 5.72. The van der Waals surface area contributed by atoms with Crippen LogP contribution in [0.3, 0.4) is 0 Å². The predicted molar refractivity (Wildman–Crippen MR) is 92.9 cm³/mol. The number of aromatic nitrogens is 1. The number of aryl methyl sites for hydroxylation is 2. The lowest BCUT2D eigenvalue weighted by Gasteiger charge is -2.25. The Bertz CT molecular complexity index is 804. The lowest BCUT2D eigenvalue weighted by molar-refractivity contribution is 0.383. The minimum absolute atomic E-state index is 0.107. The van der Waals surface area contributed by atoms with E-state index < -0.39 is 0 Å². The van der Waals surface area contributed by atoms with Crippen molar-refractivity contribution < 1.29 is 4.42 Å². The summed E-state index contributed by atoms with van der Waals surface area (Å²) in [6.45, 7) is 14.4. The first-order valence-electron chi connectivity index (χ1n) is 8.13. The van der Waals surface area contributed by atoms with Crippen LogP contribution in [0, 0.1) is 19.8 Å². The number of oxazole rings is 1. The molecule has 3 heteroatoms. The highest BCUT2D eigenvalue weighted by Gasteiger charge is 2.64. The predicted octanol–water partition coefficient (Wildman–Crippen LogP) is 4.18. The number of rotatable bonds is 4. The fourth-order valence-electron chi connectivity index (χ4n) is 3.87. The molecule has 2 aliphatic rings. The van der Waals surface area contributed by atoms with Gasteiger partial charge < -0.3 is 9.32 Å². The van der Waals surface area contributed by atoms with Gasteiger partial charge in [0.15, 0.2) is 0 Å². The van der Waals surface area contributed by atoms with E-state index in [1.165, 1.54) is 17.5 Å². The number of hydrogen-bond acceptors (Lipinski definition) is 3. The third-order valence-electron chi connectivity index (χ3n) is 5.31. The third-order valence-corrected chi connectivity index (χ3v) is 5.31. The molecule has 0 radical (unpaired) electrons. The van der Waals surface area contributed by atoms with Gasteiger partial charge in [0.2, 0.25) is 5.89 Å². The summed E-state index contributed by atoms with van der Waals surface area (Å²) in [4.78, 5) is 6.97. The minimum atomic E-state index is 0.107. The SMILES string of the molecule is C=Cc1ccc(C)cc1C(=C)N1CC2CC2(c2nc(C)co2)C1. The molecule has 4 rings (SSSR count). The highest BCUT2D eigenvalue weighted by atomic mass is 16.3. The number of nitrogens with zero attached hydrogens (tertiary/aromatic N) is 2. The van der Waals surface area contributed by atoms with Gasteiger partial charge in [0.25, 0.3) is 0 Å². The Morgan fingerprint density at radius 1 is 1.43 bits per heavy atom. The third kappa shape index (κ3) is 2.14. The van der Waals surface area contributed by atoms with Crippen molar-refractivity contribution in [3.05, 3.63) is 65.9 Å². The molecule has 3 nitrogen and oxygen atoms in total.